The van der Waals surface area contributed by atoms with E-state index in [4.69, 9.17) is 28.1 Å². The van der Waals surface area contributed by atoms with Gasteiger partial charge < -0.3 is 33.2 Å². The van der Waals surface area contributed by atoms with Gasteiger partial charge in [-0.3, -0.25) is 0 Å². The van der Waals surface area contributed by atoms with Crippen LogP contribution in [0.2, 0.25) is 18.1 Å². The normalized spacial score (nSPS) is 45.0. The third-order valence-electron chi connectivity index (χ3n) is 7.07. The molecule has 0 bridgehead atoms. The van der Waals surface area contributed by atoms with Gasteiger partial charge in [0.15, 0.2) is 14.1 Å². The van der Waals surface area contributed by atoms with Crippen molar-refractivity contribution in [2.45, 2.75) is 107 Å². The second kappa shape index (κ2) is 6.72. The fraction of sp³-hybridized carbons (Fsp3) is 1.00. The van der Waals surface area contributed by atoms with E-state index in [1.807, 2.05) is 13.8 Å². The van der Waals surface area contributed by atoms with Crippen LogP contribution in [0.25, 0.3) is 0 Å². The molecule has 0 amide bonds. The SMILES string of the molecule is CC1(C)O[C@@H]2[C@H]3O[C@](CO[Si](C)(C)C(C)(C)C)([C@@H]4O[C@H]4CO)C[C@H]3OC[C@@H]2O1. The van der Waals surface area contributed by atoms with Crippen LogP contribution in [0, 0.1) is 0 Å². The van der Waals surface area contributed by atoms with E-state index in [9.17, 15) is 5.11 Å². The molecule has 0 spiro atoms. The van der Waals surface area contributed by atoms with Gasteiger partial charge >= 0.3 is 0 Å². The minimum absolute atomic E-state index is 0.00917. The predicted octanol–water partition coefficient (Wildman–Crippen LogP) is 2.21. The summed E-state index contributed by atoms with van der Waals surface area (Å²) in [6, 6.07) is 0. The highest BCUT2D eigenvalue weighted by atomic mass is 28.4. The van der Waals surface area contributed by atoms with Crippen LogP contribution >= 0.6 is 0 Å². The molecule has 162 valence electrons. The lowest BCUT2D eigenvalue weighted by Crippen LogP contribution is -2.51. The molecule has 1 N–H and O–H groups in total. The van der Waals surface area contributed by atoms with Crippen LogP contribution in [-0.2, 0) is 28.1 Å². The van der Waals surface area contributed by atoms with Crippen molar-refractivity contribution in [2.24, 2.45) is 0 Å². The van der Waals surface area contributed by atoms with Crippen molar-refractivity contribution in [2.75, 3.05) is 19.8 Å². The first kappa shape index (κ1) is 21.2. The standard InChI is InChI=1S/C20H36O7Si/c1-18(2,3)28(6,7)23-11-20(17-13(9-21)24-17)8-12-15(27-20)16-14(10-22-12)25-19(4,5)26-16/h12-17,21H,8-11H2,1-7H3/t12-,13+,14+,15+,16+,17-,20-/m1/s1. The third-order valence-corrected chi connectivity index (χ3v) is 11.5. The third kappa shape index (κ3) is 3.60. The van der Waals surface area contributed by atoms with Gasteiger partial charge in [0.25, 0.3) is 0 Å². The minimum atomic E-state index is -1.96. The van der Waals surface area contributed by atoms with E-state index in [0.717, 1.165) is 0 Å². The summed E-state index contributed by atoms with van der Waals surface area (Å²) in [6.07, 6.45) is -0.267. The van der Waals surface area contributed by atoms with Crippen LogP contribution in [0.5, 0.6) is 0 Å². The summed E-state index contributed by atoms with van der Waals surface area (Å²) in [5, 5.41) is 9.70. The zero-order valence-electron chi connectivity index (χ0n) is 18.2. The molecule has 0 aromatic rings. The Morgan fingerprint density at radius 2 is 1.75 bits per heavy atom. The zero-order valence-corrected chi connectivity index (χ0v) is 19.2. The van der Waals surface area contributed by atoms with Crippen molar-refractivity contribution in [3.63, 3.8) is 0 Å². The van der Waals surface area contributed by atoms with Crippen LogP contribution in [0.3, 0.4) is 0 Å². The molecule has 4 rings (SSSR count). The summed E-state index contributed by atoms with van der Waals surface area (Å²) in [7, 11) is -1.96. The molecule has 4 heterocycles. The smallest absolute Gasteiger partial charge is 0.192 e. The van der Waals surface area contributed by atoms with Gasteiger partial charge in [0.1, 0.15) is 36.1 Å². The van der Waals surface area contributed by atoms with Gasteiger partial charge in [0.05, 0.1) is 25.9 Å². The quantitative estimate of drug-likeness (QED) is 0.544. The molecule has 4 aliphatic heterocycles. The van der Waals surface area contributed by atoms with Gasteiger partial charge in [-0.2, -0.15) is 0 Å². The van der Waals surface area contributed by atoms with E-state index in [-0.39, 0.29) is 48.3 Å². The highest BCUT2D eigenvalue weighted by Gasteiger charge is 2.66. The maximum absolute atomic E-state index is 9.60. The van der Waals surface area contributed by atoms with Crippen molar-refractivity contribution < 1.29 is 33.2 Å². The molecule has 7 nitrogen and oxygen atoms in total. The lowest BCUT2D eigenvalue weighted by molar-refractivity contribution is -0.176. The predicted molar refractivity (Wildman–Crippen MR) is 105 cm³/mol. The van der Waals surface area contributed by atoms with Gasteiger partial charge in [0.2, 0.25) is 0 Å². The van der Waals surface area contributed by atoms with E-state index >= 15 is 0 Å². The van der Waals surface area contributed by atoms with E-state index in [1.165, 1.54) is 0 Å². The topological polar surface area (TPSA) is 78.9 Å². The Hall–Kier alpha value is -0.0631. The van der Waals surface area contributed by atoms with Crippen LogP contribution in [0.1, 0.15) is 41.0 Å². The van der Waals surface area contributed by atoms with Crippen LogP contribution in [-0.4, -0.2) is 81.3 Å². The Balaban J connectivity index is 1.54. The van der Waals surface area contributed by atoms with E-state index in [2.05, 4.69) is 33.9 Å². The summed E-state index contributed by atoms with van der Waals surface area (Å²) in [5.74, 6) is -0.635. The van der Waals surface area contributed by atoms with Gasteiger partial charge in [-0.15, -0.1) is 0 Å². The number of fused-ring (bicyclic) bond motifs is 3. The Bertz CT molecular complexity index is 604. The van der Waals surface area contributed by atoms with E-state index < -0.39 is 19.7 Å². The minimum Gasteiger partial charge on any atom is -0.414 e. The summed E-state index contributed by atoms with van der Waals surface area (Å²) in [5.41, 5.74) is -0.622. The lowest BCUT2D eigenvalue weighted by atomic mass is 9.91. The Kier molecular flexibility index (Phi) is 5.08. The van der Waals surface area contributed by atoms with Gasteiger partial charge in [0, 0.05) is 6.42 Å². The molecule has 7 atom stereocenters. The summed E-state index contributed by atoms with van der Waals surface area (Å²) in [6.45, 7) is 16.0. The molecule has 0 saturated carbocycles. The molecule has 0 aliphatic carbocycles. The van der Waals surface area contributed by atoms with Crippen molar-refractivity contribution in [3.05, 3.63) is 0 Å². The molecular formula is C20H36O7Si. The van der Waals surface area contributed by atoms with Crippen molar-refractivity contribution in [1.82, 2.24) is 0 Å². The first-order valence-corrected chi connectivity index (χ1v) is 13.3. The molecule has 4 saturated heterocycles. The molecular weight excluding hydrogens is 380 g/mol. The molecule has 0 aromatic heterocycles. The Labute approximate surface area is 169 Å². The first-order chi connectivity index (χ1) is 12.9. The fourth-order valence-electron chi connectivity index (χ4n) is 4.39. The van der Waals surface area contributed by atoms with Crippen molar-refractivity contribution in [3.8, 4) is 0 Å². The van der Waals surface area contributed by atoms with Crippen LogP contribution in [0.4, 0.5) is 0 Å². The largest absolute Gasteiger partial charge is 0.414 e. The van der Waals surface area contributed by atoms with E-state index in [1.54, 1.807) is 0 Å². The lowest BCUT2D eigenvalue weighted by Gasteiger charge is -2.39. The number of ether oxygens (including phenoxy) is 5. The number of hydrogen-bond acceptors (Lipinski definition) is 7. The highest BCUT2D eigenvalue weighted by molar-refractivity contribution is 6.74. The molecule has 8 heteroatoms. The number of aliphatic hydroxyl groups is 1. The first-order valence-electron chi connectivity index (χ1n) is 10.4. The summed E-state index contributed by atoms with van der Waals surface area (Å²) < 4.78 is 37.3. The number of aliphatic hydroxyl groups excluding tert-OH is 1. The van der Waals surface area contributed by atoms with Gasteiger partial charge in [-0.1, -0.05) is 20.8 Å². The average Bonchev–Trinajstić information content (AvgIpc) is 3.17. The maximum atomic E-state index is 9.60. The Morgan fingerprint density at radius 3 is 2.36 bits per heavy atom. The van der Waals surface area contributed by atoms with Crippen LogP contribution in [0.15, 0.2) is 0 Å². The Morgan fingerprint density at radius 1 is 1.07 bits per heavy atom. The highest BCUT2D eigenvalue weighted by Crippen LogP contribution is 2.50. The summed E-state index contributed by atoms with van der Waals surface area (Å²) >= 11 is 0. The van der Waals surface area contributed by atoms with Crippen LogP contribution < -0.4 is 0 Å². The van der Waals surface area contributed by atoms with Gasteiger partial charge in [-0.05, 0) is 32.0 Å². The zero-order chi connectivity index (χ0) is 20.5. The molecule has 4 aliphatic rings. The second-order valence-electron chi connectivity index (χ2n) is 10.7. The fourth-order valence-corrected chi connectivity index (χ4v) is 5.43. The molecule has 0 unspecified atom stereocenters. The van der Waals surface area contributed by atoms with Crippen molar-refractivity contribution in [1.29, 1.82) is 0 Å². The van der Waals surface area contributed by atoms with E-state index in [0.29, 0.717) is 19.6 Å². The molecule has 0 aromatic carbocycles. The summed E-state index contributed by atoms with van der Waals surface area (Å²) in [4.78, 5) is 0. The average molecular weight is 417 g/mol. The maximum Gasteiger partial charge on any atom is 0.192 e. The second-order valence-corrected chi connectivity index (χ2v) is 15.5. The molecule has 4 fully saturated rings. The monoisotopic (exact) mass is 416 g/mol. The molecule has 0 radical (unpaired) electrons. The number of rotatable bonds is 5. The van der Waals surface area contributed by atoms with Gasteiger partial charge in [-0.25, -0.2) is 0 Å². The number of hydrogen-bond donors (Lipinski definition) is 1. The van der Waals surface area contributed by atoms with Crippen molar-refractivity contribution >= 4 is 8.32 Å². The molecule has 28 heavy (non-hydrogen) atoms. The number of epoxide rings is 1.